The van der Waals surface area contributed by atoms with Gasteiger partial charge in [0.05, 0.1) is 0 Å². The maximum absolute atomic E-state index is 13.4. The van der Waals surface area contributed by atoms with Gasteiger partial charge in [-0.05, 0) is 80.6 Å². The molecule has 1 aliphatic heterocycles. The number of nitrogens with zero attached hydrogens (tertiary/aromatic N) is 1. The third-order valence-electron chi connectivity index (χ3n) is 8.75. The smallest absolute Gasteiger partial charge is 0.325 e. The van der Waals surface area contributed by atoms with Gasteiger partial charge in [0.1, 0.15) is 12.1 Å². The molecule has 1 aromatic rings. The Morgan fingerprint density at radius 3 is 2.25 bits per heavy atom. The van der Waals surface area contributed by atoms with Crippen LogP contribution in [-0.4, -0.2) is 35.3 Å². The highest BCUT2D eigenvalue weighted by Gasteiger charge is 2.54. The average molecular weight is 438 g/mol. The van der Waals surface area contributed by atoms with E-state index in [0.717, 1.165) is 34.6 Å². The Labute approximate surface area is 190 Å². The number of hydrogen-bond donors (Lipinski definition) is 2. The van der Waals surface area contributed by atoms with Crippen LogP contribution in [0.5, 0.6) is 0 Å². The molecule has 0 aromatic heterocycles. The van der Waals surface area contributed by atoms with E-state index in [-0.39, 0.29) is 29.8 Å². The molecule has 6 rings (SSSR count). The zero-order valence-electron chi connectivity index (χ0n) is 19.2. The summed E-state index contributed by atoms with van der Waals surface area (Å²) in [5.74, 6) is 1.87. The molecule has 4 bridgehead atoms. The van der Waals surface area contributed by atoms with Crippen molar-refractivity contribution in [3.05, 3.63) is 35.9 Å². The van der Waals surface area contributed by atoms with Gasteiger partial charge in [-0.25, -0.2) is 4.79 Å². The molecule has 5 fully saturated rings. The lowest BCUT2D eigenvalue weighted by molar-refractivity contribution is -0.136. The van der Waals surface area contributed by atoms with Crippen LogP contribution in [0, 0.1) is 23.2 Å². The van der Waals surface area contributed by atoms with Gasteiger partial charge < -0.3 is 10.6 Å². The van der Waals surface area contributed by atoms with Crippen molar-refractivity contribution in [2.45, 2.75) is 76.8 Å². The molecule has 1 aromatic carbocycles. The van der Waals surface area contributed by atoms with Crippen molar-refractivity contribution in [2.75, 3.05) is 6.54 Å². The molecule has 172 valence electrons. The number of urea groups is 1. The first-order chi connectivity index (χ1) is 15.3. The van der Waals surface area contributed by atoms with E-state index < -0.39 is 11.6 Å². The summed E-state index contributed by atoms with van der Waals surface area (Å²) in [4.78, 5) is 40.4. The summed E-state index contributed by atoms with van der Waals surface area (Å²) in [6, 6.07) is 8.95. The maximum Gasteiger partial charge on any atom is 0.325 e. The normalized spacial score (nSPS) is 36.3. The van der Waals surface area contributed by atoms with E-state index in [0.29, 0.717) is 6.42 Å². The third kappa shape index (κ3) is 3.43. The summed E-state index contributed by atoms with van der Waals surface area (Å²) in [6.07, 6.45) is 8.95. The van der Waals surface area contributed by atoms with Crippen molar-refractivity contribution in [3.63, 3.8) is 0 Å². The number of nitrogens with one attached hydrogen (secondary N) is 2. The molecule has 0 radical (unpaired) electrons. The zero-order valence-corrected chi connectivity index (χ0v) is 19.2. The minimum absolute atomic E-state index is 0.0682. The van der Waals surface area contributed by atoms with Gasteiger partial charge >= 0.3 is 6.03 Å². The molecule has 6 nitrogen and oxygen atoms in total. The summed E-state index contributed by atoms with van der Waals surface area (Å²) >= 11 is 0. The Morgan fingerprint density at radius 1 is 1.09 bits per heavy atom. The first-order valence-corrected chi connectivity index (χ1v) is 12.3. The summed E-state index contributed by atoms with van der Waals surface area (Å²) in [7, 11) is 0. The molecule has 5 aliphatic rings. The standard InChI is InChI=1S/C26H35N3O3/c1-3-9-26(21-7-5-4-6-8-21)23(31)29(24(32)28-26)16-22(30)27-17(2)25-13-18-10-19(14-25)12-20(11-18)15-25/h4-8,17-20H,3,9-16H2,1-2H3,(H,27,30)(H,28,32). The summed E-state index contributed by atoms with van der Waals surface area (Å²) in [5, 5.41) is 6.10. The first kappa shape index (κ1) is 21.5. The second kappa shape index (κ2) is 7.89. The van der Waals surface area contributed by atoms with Gasteiger partial charge in [-0.15, -0.1) is 0 Å². The van der Waals surface area contributed by atoms with Crippen LogP contribution in [0.4, 0.5) is 4.79 Å². The Balaban J connectivity index is 1.28. The molecule has 4 amide bonds. The quantitative estimate of drug-likeness (QED) is 0.634. The van der Waals surface area contributed by atoms with Crippen molar-refractivity contribution in [2.24, 2.45) is 23.2 Å². The largest absolute Gasteiger partial charge is 0.352 e. The Morgan fingerprint density at radius 2 is 1.69 bits per heavy atom. The lowest BCUT2D eigenvalue weighted by Crippen LogP contribution is -2.57. The fourth-order valence-electron chi connectivity index (χ4n) is 7.67. The van der Waals surface area contributed by atoms with E-state index in [2.05, 4.69) is 17.6 Å². The van der Waals surface area contributed by atoms with E-state index in [1.54, 1.807) is 0 Å². The maximum atomic E-state index is 13.4. The molecular formula is C26H35N3O3. The van der Waals surface area contributed by atoms with Crippen LogP contribution in [0.25, 0.3) is 0 Å². The molecule has 0 spiro atoms. The Kier molecular flexibility index (Phi) is 5.30. The van der Waals surface area contributed by atoms with Gasteiger partial charge in [0.2, 0.25) is 5.91 Å². The van der Waals surface area contributed by atoms with Crippen LogP contribution < -0.4 is 10.6 Å². The molecule has 2 unspecified atom stereocenters. The topological polar surface area (TPSA) is 78.5 Å². The van der Waals surface area contributed by atoms with Crippen LogP contribution in [0.1, 0.15) is 70.8 Å². The highest BCUT2D eigenvalue weighted by Crippen LogP contribution is 2.61. The molecule has 1 saturated heterocycles. The van der Waals surface area contributed by atoms with E-state index >= 15 is 0 Å². The average Bonchev–Trinajstić information content (AvgIpc) is 2.99. The van der Waals surface area contributed by atoms with Gasteiger partial charge in [-0.1, -0.05) is 43.7 Å². The number of benzene rings is 1. The van der Waals surface area contributed by atoms with Gasteiger partial charge in [0.15, 0.2) is 0 Å². The van der Waals surface area contributed by atoms with E-state index in [1.165, 1.54) is 38.5 Å². The van der Waals surface area contributed by atoms with Crippen LogP contribution in [0.3, 0.4) is 0 Å². The fraction of sp³-hybridized carbons (Fsp3) is 0.654. The Bertz CT molecular complexity index is 879. The third-order valence-corrected chi connectivity index (χ3v) is 8.75. The lowest BCUT2D eigenvalue weighted by atomic mass is 9.48. The van der Waals surface area contributed by atoms with Gasteiger partial charge in [0, 0.05) is 6.04 Å². The number of rotatable bonds is 7. The monoisotopic (exact) mass is 437 g/mol. The number of carbonyl (C=O) groups excluding carboxylic acids is 3. The molecule has 2 N–H and O–H groups in total. The second-order valence-corrected chi connectivity index (χ2v) is 10.9. The summed E-state index contributed by atoms with van der Waals surface area (Å²) < 4.78 is 0. The molecular weight excluding hydrogens is 402 g/mol. The van der Waals surface area contributed by atoms with E-state index in [1.807, 2.05) is 37.3 Å². The number of imide groups is 1. The molecule has 4 aliphatic carbocycles. The molecule has 32 heavy (non-hydrogen) atoms. The van der Waals surface area contributed by atoms with Crippen LogP contribution in [0.15, 0.2) is 30.3 Å². The summed E-state index contributed by atoms with van der Waals surface area (Å²) in [5.41, 5.74) is -0.124. The zero-order chi connectivity index (χ0) is 22.5. The second-order valence-electron chi connectivity index (χ2n) is 10.9. The van der Waals surface area contributed by atoms with Gasteiger partial charge in [-0.3, -0.25) is 14.5 Å². The number of hydrogen-bond acceptors (Lipinski definition) is 3. The SMILES string of the molecule is CCCC1(c2ccccc2)NC(=O)N(CC(=O)NC(C)C23CC4CC(CC(C4)C2)C3)C1=O. The molecule has 1 heterocycles. The molecule has 6 heteroatoms. The van der Waals surface area contributed by atoms with Crippen LogP contribution >= 0.6 is 0 Å². The van der Waals surface area contributed by atoms with Crippen LogP contribution in [-0.2, 0) is 15.1 Å². The van der Waals surface area contributed by atoms with E-state index in [4.69, 9.17) is 0 Å². The van der Waals surface area contributed by atoms with Gasteiger partial charge in [0.25, 0.3) is 5.91 Å². The summed E-state index contributed by atoms with van der Waals surface area (Å²) in [6.45, 7) is 3.90. The highest BCUT2D eigenvalue weighted by atomic mass is 16.2. The number of amides is 4. The van der Waals surface area contributed by atoms with Crippen molar-refractivity contribution < 1.29 is 14.4 Å². The number of carbonyl (C=O) groups is 3. The predicted octanol–water partition coefficient (Wildman–Crippen LogP) is 3.95. The van der Waals surface area contributed by atoms with Crippen molar-refractivity contribution in [1.82, 2.24) is 15.5 Å². The van der Waals surface area contributed by atoms with E-state index in [9.17, 15) is 14.4 Å². The van der Waals surface area contributed by atoms with Crippen molar-refractivity contribution >= 4 is 17.8 Å². The lowest BCUT2D eigenvalue weighted by Gasteiger charge is -2.59. The minimum Gasteiger partial charge on any atom is -0.352 e. The first-order valence-electron chi connectivity index (χ1n) is 12.3. The van der Waals surface area contributed by atoms with Crippen molar-refractivity contribution in [1.29, 1.82) is 0 Å². The minimum atomic E-state index is -1.08. The Hall–Kier alpha value is -2.37. The van der Waals surface area contributed by atoms with Crippen LogP contribution in [0.2, 0.25) is 0 Å². The molecule has 4 saturated carbocycles. The van der Waals surface area contributed by atoms with Crippen molar-refractivity contribution in [3.8, 4) is 0 Å². The predicted molar refractivity (Wildman–Crippen MR) is 121 cm³/mol. The fourth-order valence-corrected chi connectivity index (χ4v) is 7.67. The molecule has 2 atom stereocenters. The highest BCUT2D eigenvalue weighted by molar-refractivity contribution is 6.09. The van der Waals surface area contributed by atoms with Gasteiger partial charge in [-0.2, -0.15) is 0 Å².